The summed E-state index contributed by atoms with van der Waals surface area (Å²) in [5, 5.41) is 8.95. The number of benzene rings is 1. The van der Waals surface area contributed by atoms with Crippen LogP contribution in [-0.2, 0) is 16.6 Å². The number of likely N-dealkylation sites (tertiary alicyclic amines) is 1. The van der Waals surface area contributed by atoms with Crippen LogP contribution < -0.4 is 4.72 Å². The Morgan fingerprint density at radius 3 is 2.91 bits per heavy atom. The molecule has 1 aromatic rings. The van der Waals surface area contributed by atoms with E-state index in [1.165, 1.54) is 12.1 Å². The van der Waals surface area contributed by atoms with E-state index in [-0.39, 0.29) is 11.9 Å². The molecule has 1 atom stereocenters. The summed E-state index contributed by atoms with van der Waals surface area (Å²) >= 11 is 0. The lowest BCUT2D eigenvalue weighted by Gasteiger charge is -2.36. The maximum atomic E-state index is 14.0. The first-order valence-electron chi connectivity index (χ1n) is 7.76. The number of sulfonamides is 1. The summed E-state index contributed by atoms with van der Waals surface area (Å²) in [6.07, 6.45) is 4.97. The van der Waals surface area contributed by atoms with E-state index in [1.54, 1.807) is 6.07 Å². The van der Waals surface area contributed by atoms with E-state index in [0.717, 1.165) is 32.1 Å². The molecule has 1 aliphatic heterocycles. The van der Waals surface area contributed by atoms with Crippen molar-refractivity contribution in [3.05, 3.63) is 35.1 Å². The topological polar surface area (TPSA) is 73.2 Å². The summed E-state index contributed by atoms with van der Waals surface area (Å²) in [7, 11) is -3.18. The predicted molar refractivity (Wildman–Crippen MR) is 86.6 cm³/mol. The number of nitrogens with one attached hydrogen (secondary N) is 1. The molecule has 1 aliphatic rings. The van der Waals surface area contributed by atoms with E-state index < -0.39 is 10.0 Å². The smallest absolute Gasteiger partial charge is 0.208 e. The van der Waals surface area contributed by atoms with Gasteiger partial charge in [0.25, 0.3) is 0 Å². The Morgan fingerprint density at radius 2 is 2.22 bits per heavy atom. The van der Waals surface area contributed by atoms with E-state index in [1.807, 2.05) is 6.07 Å². The Hall–Kier alpha value is -1.49. The average Bonchev–Trinajstić information content (AvgIpc) is 2.50. The van der Waals surface area contributed by atoms with Crippen LogP contribution >= 0.6 is 0 Å². The van der Waals surface area contributed by atoms with Crippen molar-refractivity contribution in [1.82, 2.24) is 9.62 Å². The molecule has 5 nitrogen and oxygen atoms in total. The first-order valence-corrected chi connectivity index (χ1v) is 9.65. The van der Waals surface area contributed by atoms with Crippen LogP contribution in [0, 0.1) is 17.1 Å². The maximum Gasteiger partial charge on any atom is 0.208 e. The second-order valence-corrected chi connectivity index (χ2v) is 7.83. The van der Waals surface area contributed by atoms with Gasteiger partial charge in [-0.25, -0.2) is 17.5 Å². The standard InChI is InChI=1S/C16H22FN3O2S/c1-23(21,22)19-8-7-15-4-2-3-9-20(15)12-14-10-13(11-18)5-6-16(14)17/h5-6,10,15,19H,2-4,7-9,12H2,1H3. The molecule has 1 N–H and O–H groups in total. The number of nitrogens with zero attached hydrogens (tertiary/aromatic N) is 2. The second kappa shape index (κ2) is 7.86. The highest BCUT2D eigenvalue weighted by molar-refractivity contribution is 7.88. The van der Waals surface area contributed by atoms with Gasteiger partial charge in [0, 0.05) is 24.7 Å². The van der Waals surface area contributed by atoms with Crippen molar-refractivity contribution in [3.8, 4) is 6.07 Å². The van der Waals surface area contributed by atoms with Gasteiger partial charge in [0.2, 0.25) is 10.0 Å². The molecule has 0 spiro atoms. The molecular weight excluding hydrogens is 317 g/mol. The zero-order valence-electron chi connectivity index (χ0n) is 13.3. The van der Waals surface area contributed by atoms with Crippen LogP contribution in [-0.4, -0.2) is 38.7 Å². The Balaban J connectivity index is 2.02. The van der Waals surface area contributed by atoms with Gasteiger partial charge in [-0.05, 0) is 44.0 Å². The van der Waals surface area contributed by atoms with Gasteiger partial charge in [0.05, 0.1) is 17.9 Å². The normalized spacial score (nSPS) is 19.4. The van der Waals surface area contributed by atoms with E-state index in [0.29, 0.717) is 30.6 Å². The van der Waals surface area contributed by atoms with E-state index in [9.17, 15) is 12.8 Å². The highest BCUT2D eigenvalue weighted by Gasteiger charge is 2.23. The van der Waals surface area contributed by atoms with Crippen molar-refractivity contribution >= 4 is 10.0 Å². The van der Waals surface area contributed by atoms with Gasteiger partial charge in [-0.15, -0.1) is 0 Å². The fourth-order valence-corrected chi connectivity index (χ4v) is 3.48. The molecule has 126 valence electrons. The molecule has 1 aromatic carbocycles. The van der Waals surface area contributed by atoms with Gasteiger partial charge in [-0.1, -0.05) is 6.42 Å². The van der Waals surface area contributed by atoms with Crippen molar-refractivity contribution < 1.29 is 12.8 Å². The minimum absolute atomic E-state index is 0.225. The summed E-state index contributed by atoms with van der Waals surface area (Å²) in [6.45, 7) is 1.70. The minimum Gasteiger partial charge on any atom is -0.296 e. The fraction of sp³-hybridized carbons (Fsp3) is 0.562. The molecule has 1 unspecified atom stereocenters. The van der Waals surface area contributed by atoms with E-state index in [4.69, 9.17) is 5.26 Å². The van der Waals surface area contributed by atoms with Crippen LogP contribution in [0.2, 0.25) is 0 Å². The maximum absolute atomic E-state index is 14.0. The second-order valence-electron chi connectivity index (χ2n) is 5.99. The Kier molecular flexibility index (Phi) is 6.10. The monoisotopic (exact) mass is 339 g/mol. The average molecular weight is 339 g/mol. The van der Waals surface area contributed by atoms with Gasteiger partial charge in [-0.2, -0.15) is 5.26 Å². The van der Waals surface area contributed by atoms with Crippen LogP contribution in [0.5, 0.6) is 0 Å². The molecule has 0 radical (unpaired) electrons. The predicted octanol–water partition coefficient (Wildman–Crippen LogP) is 1.99. The molecule has 1 fully saturated rings. The Bertz CT molecular complexity index is 685. The van der Waals surface area contributed by atoms with Crippen molar-refractivity contribution in [2.45, 2.75) is 38.3 Å². The molecule has 23 heavy (non-hydrogen) atoms. The van der Waals surface area contributed by atoms with Gasteiger partial charge in [0.1, 0.15) is 5.82 Å². The summed E-state index contributed by atoms with van der Waals surface area (Å²) in [5.41, 5.74) is 0.973. The molecule has 0 aromatic heterocycles. The van der Waals surface area contributed by atoms with Crippen molar-refractivity contribution in [3.63, 3.8) is 0 Å². The summed E-state index contributed by atoms with van der Waals surface area (Å²) in [6, 6.07) is 6.66. The van der Waals surface area contributed by atoms with Gasteiger partial charge >= 0.3 is 0 Å². The first-order chi connectivity index (χ1) is 10.9. The summed E-state index contributed by atoms with van der Waals surface area (Å²) in [5.74, 6) is -0.303. The van der Waals surface area contributed by atoms with Crippen LogP contribution in [0.25, 0.3) is 0 Å². The molecule has 0 amide bonds. The third kappa shape index (κ3) is 5.57. The number of rotatable bonds is 6. The quantitative estimate of drug-likeness (QED) is 0.860. The number of halogens is 1. The fourth-order valence-electron chi connectivity index (χ4n) is 2.99. The summed E-state index contributed by atoms with van der Waals surface area (Å²) < 4.78 is 38.8. The lowest BCUT2D eigenvalue weighted by Crippen LogP contribution is -2.41. The van der Waals surface area contributed by atoms with Gasteiger partial charge in [-0.3, -0.25) is 4.90 Å². The molecule has 2 rings (SSSR count). The van der Waals surface area contributed by atoms with Crippen LogP contribution in [0.3, 0.4) is 0 Å². The van der Waals surface area contributed by atoms with Crippen LogP contribution in [0.1, 0.15) is 36.8 Å². The van der Waals surface area contributed by atoms with Crippen molar-refractivity contribution in [2.24, 2.45) is 0 Å². The van der Waals surface area contributed by atoms with Crippen molar-refractivity contribution in [2.75, 3.05) is 19.3 Å². The largest absolute Gasteiger partial charge is 0.296 e. The molecule has 0 aliphatic carbocycles. The lowest BCUT2D eigenvalue weighted by atomic mass is 9.98. The molecule has 1 heterocycles. The summed E-state index contributed by atoms with van der Waals surface area (Å²) in [4.78, 5) is 2.19. The Morgan fingerprint density at radius 1 is 1.43 bits per heavy atom. The SMILES string of the molecule is CS(=O)(=O)NCCC1CCCCN1Cc1cc(C#N)ccc1F. The zero-order chi connectivity index (χ0) is 16.9. The third-order valence-electron chi connectivity index (χ3n) is 4.14. The number of nitriles is 1. The lowest BCUT2D eigenvalue weighted by molar-refractivity contribution is 0.132. The highest BCUT2D eigenvalue weighted by atomic mass is 32.2. The third-order valence-corrected chi connectivity index (χ3v) is 4.87. The van der Waals surface area contributed by atoms with Crippen LogP contribution in [0.4, 0.5) is 4.39 Å². The molecule has 7 heteroatoms. The molecular formula is C16H22FN3O2S. The zero-order valence-corrected chi connectivity index (χ0v) is 14.1. The highest BCUT2D eigenvalue weighted by Crippen LogP contribution is 2.23. The Labute approximate surface area is 137 Å². The molecule has 0 bridgehead atoms. The van der Waals surface area contributed by atoms with Gasteiger partial charge in [0.15, 0.2) is 0 Å². The molecule has 0 saturated carbocycles. The van der Waals surface area contributed by atoms with E-state index in [2.05, 4.69) is 9.62 Å². The van der Waals surface area contributed by atoms with Gasteiger partial charge < -0.3 is 0 Å². The molecule has 1 saturated heterocycles. The number of hydrogen-bond donors (Lipinski definition) is 1. The number of hydrogen-bond acceptors (Lipinski definition) is 4. The number of piperidine rings is 1. The van der Waals surface area contributed by atoms with Crippen LogP contribution in [0.15, 0.2) is 18.2 Å². The minimum atomic E-state index is -3.18. The van der Waals surface area contributed by atoms with Crippen molar-refractivity contribution in [1.29, 1.82) is 5.26 Å². The first kappa shape index (κ1) is 17.9. The van der Waals surface area contributed by atoms with E-state index >= 15 is 0 Å².